The van der Waals surface area contributed by atoms with E-state index in [1.807, 2.05) is 0 Å². The molecule has 0 spiro atoms. The first-order valence-corrected chi connectivity index (χ1v) is 6.32. The fourth-order valence-corrected chi connectivity index (χ4v) is 2.38. The van der Waals surface area contributed by atoms with Gasteiger partial charge in [0, 0.05) is 6.54 Å². The summed E-state index contributed by atoms with van der Waals surface area (Å²) in [5, 5.41) is 3.17. The molecular weight excluding hydrogens is 231 g/mol. The second-order valence-corrected chi connectivity index (χ2v) is 5.01. The number of alkyl halides is 3. The fourth-order valence-electron chi connectivity index (χ4n) is 2.38. The molecule has 2 nitrogen and oxygen atoms in total. The molecule has 0 radical (unpaired) electrons. The molecule has 0 heterocycles. The molecule has 0 saturated heterocycles. The van der Waals surface area contributed by atoms with Gasteiger partial charge in [-0.25, -0.2) is 0 Å². The molecule has 2 atom stereocenters. The third-order valence-electron chi connectivity index (χ3n) is 3.17. The lowest BCUT2D eigenvalue weighted by Gasteiger charge is -2.26. The molecule has 1 N–H and O–H groups in total. The zero-order valence-corrected chi connectivity index (χ0v) is 10.4. The van der Waals surface area contributed by atoms with Crippen molar-refractivity contribution in [1.29, 1.82) is 0 Å². The van der Waals surface area contributed by atoms with Crippen LogP contribution in [0.5, 0.6) is 0 Å². The summed E-state index contributed by atoms with van der Waals surface area (Å²) < 4.78 is 39.8. The monoisotopic (exact) mass is 253 g/mol. The number of hydrogen-bond donors (Lipinski definition) is 1. The molecule has 1 aliphatic carbocycles. The molecule has 2 unspecified atom stereocenters. The highest BCUT2D eigenvalue weighted by Crippen LogP contribution is 2.27. The molecule has 1 saturated carbocycles. The molecular formula is C12H22F3NO. The molecule has 0 aromatic heterocycles. The first kappa shape index (κ1) is 14.8. The van der Waals surface area contributed by atoms with E-state index in [1.54, 1.807) is 0 Å². The Kier molecular flexibility index (Phi) is 6.27. The van der Waals surface area contributed by atoms with Crippen molar-refractivity contribution < 1.29 is 17.9 Å². The molecule has 1 aliphatic rings. The van der Waals surface area contributed by atoms with Gasteiger partial charge in [0.15, 0.2) is 0 Å². The Labute approximate surface area is 101 Å². The number of nitrogens with one attached hydrogen (secondary N) is 1. The van der Waals surface area contributed by atoms with Gasteiger partial charge >= 0.3 is 6.18 Å². The normalized spacial score (nSPS) is 26.1. The van der Waals surface area contributed by atoms with Crippen molar-refractivity contribution in [2.45, 2.75) is 38.8 Å². The van der Waals surface area contributed by atoms with Crippen LogP contribution >= 0.6 is 0 Å². The molecule has 0 aromatic carbocycles. The first-order valence-electron chi connectivity index (χ1n) is 6.32. The zero-order chi connectivity index (χ0) is 12.7. The first-order chi connectivity index (χ1) is 7.97. The Morgan fingerprint density at radius 3 is 2.71 bits per heavy atom. The van der Waals surface area contributed by atoms with E-state index < -0.39 is 12.8 Å². The standard InChI is InChI=1S/C12H22F3NO/c1-10-3-2-4-11(7-10)8-16-5-6-17-9-12(13,14)15/h10-11,16H,2-9H2,1H3. The van der Waals surface area contributed by atoms with E-state index in [0.717, 1.165) is 12.5 Å². The van der Waals surface area contributed by atoms with Crippen LogP contribution in [0.2, 0.25) is 0 Å². The highest BCUT2D eigenvalue weighted by Gasteiger charge is 2.27. The number of ether oxygens (including phenoxy) is 1. The minimum absolute atomic E-state index is 0.127. The molecule has 0 aromatic rings. The largest absolute Gasteiger partial charge is 0.411 e. The van der Waals surface area contributed by atoms with Crippen molar-refractivity contribution in [3.8, 4) is 0 Å². The second kappa shape index (κ2) is 7.21. The highest BCUT2D eigenvalue weighted by molar-refractivity contribution is 4.72. The quantitative estimate of drug-likeness (QED) is 0.735. The van der Waals surface area contributed by atoms with Crippen molar-refractivity contribution in [3.05, 3.63) is 0 Å². The molecule has 1 rings (SSSR count). The third kappa shape index (κ3) is 7.60. The van der Waals surface area contributed by atoms with E-state index in [9.17, 15) is 13.2 Å². The Hall–Kier alpha value is -0.290. The van der Waals surface area contributed by atoms with Crippen molar-refractivity contribution in [2.24, 2.45) is 11.8 Å². The molecule has 102 valence electrons. The molecule has 0 aliphatic heterocycles. The van der Waals surface area contributed by atoms with Crippen molar-refractivity contribution in [3.63, 3.8) is 0 Å². The number of halogens is 3. The zero-order valence-electron chi connectivity index (χ0n) is 10.4. The van der Waals surface area contributed by atoms with Crippen molar-refractivity contribution in [1.82, 2.24) is 5.32 Å². The minimum Gasteiger partial charge on any atom is -0.371 e. The third-order valence-corrected chi connectivity index (χ3v) is 3.17. The fraction of sp³-hybridized carbons (Fsp3) is 1.00. The van der Waals surface area contributed by atoms with Gasteiger partial charge < -0.3 is 10.1 Å². The topological polar surface area (TPSA) is 21.3 Å². The van der Waals surface area contributed by atoms with Crippen LogP contribution in [0.25, 0.3) is 0 Å². The van der Waals surface area contributed by atoms with Gasteiger partial charge in [-0.05, 0) is 31.2 Å². The van der Waals surface area contributed by atoms with Gasteiger partial charge in [-0.2, -0.15) is 13.2 Å². The van der Waals surface area contributed by atoms with E-state index in [-0.39, 0.29) is 6.61 Å². The van der Waals surface area contributed by atoms with Gasteiger partial charge in [0.2, 0.25) is 0 Å². The Morgan fingerprint density at radius 2 is 2.06 bits per heavy atom. The summed E-state index contributed by atoms with van der Waals surface area (Å²) in [6, 6.07) is 0. The Balaban J connectivity index is 1.93. The van der Waals surface area contributed by atoms with E-state index in [2.05, 4.69) is 17.0 Å². The van der Waals surface area contributed by atoms with Crippen LogP contribution in [0, 0.1) is 11.8 Å². The van der Waals surface area contributed by atoms with Gasteiger partial charge in [-0.15, -0.1) is 0 Å². The summed E-state index contributed by atoms with van der Waals surface area (Å²) in [5.74, 6) is 1.47. The van der Waals surface area contributed by atoms with Crippen molar-refractivity contribution in [2.75, 3.05) is 26.3 Å². The van der Waals surface area contributed by atoms with Gasteiger partial charge in [0.25, 0.3) is 0 Å². The summed E-state index contributed by atoms with van der Waals surface area (Å²) in [5.41, 5.74) is 0. The molecule has 1 fully saturated rings. The van der Waals surface area contributed by atoms with E-state index in [1.165, 1.54) is 25.7 Å². The van der Waals surface area contributed by atoms with Crippen LogP contribution in [0.3, 0.4) is 0 Å². The molecule has 17 heavy (non-hydrogen) atoms. The van der Waals surface area contributed by atoms with Crippen LogP contribution in [-0.4, -0.2) is 32.5 Å². The Morgan fingerprint density at radius 1 is 1.29 bits per heavy atom. The van der Waals surface area contributed by atoms with Gasteiger partial charge in [0.05, 0.1) is 6.61 Å². The van der Waals surface area contributed by atoms with Crippen molar-refractivity contribution >= 4 is 0 Å². The molecule has 0 bridgehead atoms. The maximum atomic E-state index is 11.8. The Bertz CT molecular complexity index is 208. The van der Waals surface area contributed by atoms with Gasteiger partial charge in [0.1, 0.15) is 6.61 Å². The summed E-state index contributed by atoms with van der Waals surface area (Å²) in [6.07, 6.45) is 0.846. The van der Waals surface area contributed by atoms with E-state index in [4.69, 9.17) is 0 Å². The summed E-state index contributed by atoms with van der Waals surface area (Å²) in [4.78, 5) is 0. The van der Waals surface area contributed by atoms with Crippen LogP contribution in [0.15, 0.2) is 0 Å². The summed E-state index contributed by atoms with van der Waals surface area (Å²) in [7, 11) is 0. The average Bonchev–Trinajstić information content (AvgIpc) is 2.22. The van der Waals surface area contributed by atoms with Crippen LogP contribution in [0.1, 0.15) is 32.6 Å². The predicted molar refractivity (Wildman–Crippen MR) is 60.9 cm³/mol. The average molecular weight is 253 g/mol. The van der Waals surface area contributed by atoms with Crippen LogP contribution < -0.4 is 5.32 Å². The highest BCUT2D eigenvalue weighted by atomic mass is 19.4. The SMILES string of the molecule is CC1CCCC(CNCCOCC(F)(F)F)C1. The number of rotatable bonds is 6. The van der Waals surface area contributed by atoms with E-state index >= 15 is 0 Å². The number of hydrogen-bond acceptors (Lipinski definition) is 2. The van der Waals surface area contributed by atoms with Crippen LogP contribution in [0.4, 0.5) is 13.2 Å². The summed E-state index contributed by atoms with van der Waals surface area (Å²) in [6.45, 7) is 2.65. The lowest BCUT2D eigenvalue weighted by molar-refractivity contribution is -0.173. The lowest BCUT2D eigenvalue weighted by Crippen LogP contribution is -2.30. The smallest absolute Gasteiger partial charge is 0.371 e. The predicted octanol–water partition coefficient (Wildman–Crippen LogP) is 2.98. The molecule has 5 heteroatoms. The van der Waals surface area contributed by atoms with Crippen LogP contribution in [-0.2, 0) is 4.74 Å². The maximum Gasteiger partial charge on any atom is 0.411 e. The molecule has 0 amide bonds. The second-order valence-electron chi connectivity index (χ2n) is 5.01. The summed E-state index contributed by atoms with van der Waals surface area (Å²) >= 11 is 0. The minimum atomic E-state index is -4.21. The van der Waals surface area contributed by atoms with E-state index in [0.29, 0.717) is 12.5 Å². The van der Waals surface area contributed by atoms with Gasteiger partial charge in [-0.3, -0.25) is 0 Å². The van der Waals surface area contributed by atoms with Gasteiger partial charge in [-0.1, -0.05) is 19.8 Å². The maximum absolute atomic E-state index is 11.8. The lowest BCUT2D eigenvalue weighted by atomic mass is 9.82.